The molecule has 1 aromatic heterocycles. The smallest absolute Gasteiger partial charge is 0.262 e. The van der Waals surface area contributed by atoms with Gasteiger partial charge in [0.25, 0.3) is 5.56 Å². The van der Waals surface area contributed by atoms with Crippen molar-refractivity contribution < 1.29 is 14.3 Å². The zero-order chi connectivity index (χ0) is 23.8. The minimum Gasteiger partial charge on any atom is -0.486 e. The molecule has 2 aliphatic heterocycles. The van der Waals surface area contributed by atoms with Crippen LogP contribution in [-0.4, -0.2) is 45.9 Å². The average Bonchev–Trinajstić information content (AvgIpc) is 3.60. The zero-order valence-corrected chi connectivity index (χ0v) is 20.5. The highest BCUT2D eigenvalue weighted by molar-refractivity contribution is 7.99. The van der Waals surface area contributed by atoms with Crippen molar-refractivity contribution in [1.82, 2.24) is 14.5 Å². The predicted molar refractivity (Wildman–Crippen MR) is 135 cm³/mol. The number of benzene rings is 2. The van der Waals surface area contributed by atoms with E-state index in [4.69, 9.17) is 14.5 Å². The monoisotopic (exact) mass is 491 g/mol. The Morgan fingerprint density at radius 1 is 1.00 bits per heavy atom. The Morgan fingerprint density at radius 2 is 1.80 bits per heavy atom. The summed E-state index contributed by atoms with van der Waals surface area (Å²) >= 11 is 1.39. The second kappa shape index (κ2) is 9.57. The molecule has 2 aromatic carbocycles. The molecular formula is C27H29N3O4S. The van der Waals surface area contributed by atoms with Crippen LogP contribution in [0.15, 0.2) is 52.4 Å². The molecule has 1 amide bonds. The Morgan fingerprint density at radius 3 is 2.66 bits per heavy atom. The van der Waals surface area contributed by atoms with E-state index in [0.29, 0.717) is 29.3 Å². The van der Waals surface area contributed by atoms with Crippen molar-refractivity contribution in [3.63, 3.8) is 0 Å². The van der Waals surface area contributed by atoms with E-state index in [9.17, 15) is 9.59 Å². The molecule has 3 aromatic rings. The van der Waals surface area contributed by atoms with Crippen LogP contribution in [0.4, 0.5) is 0 Å². The fraction of sp³-hybridized carbons (Fsp3) is 0.444. The summed E-state index contributed by atoms with van der Waals surface area (Å²) in [7, 11) is 0. The van der Waals surface area contributed by atoms with Gasteiger partial charge in [0.15, 0.2) is 16.7 Å². The lowest BCUT2D eigenvalue weighted by Gasteiger charge is -2.27. The van der Waals surface area contributed by atoms with Gasteiger partial charge < -0.3 is 14.4 Å². The predicted octanol–water partition coefficient (Wildman–Crippen LogP) is 4.74. The maximum absolute atomic E-state index is 13.4. The molecule has 6 rings (SSSR count). The van der Waals surface area contributed by atoms with E-state index < -0.39 is 0 Å². The van der Waals surface area contributed by atoms with Gasteiger partial charge in [-0.05, 0) is 55.5 Å². The Balaban J connectivity index is 1.24. The highest BCUT2D eigenvalue weighted by Gasteiger charge is 2.31. The van der Waals surface area contributed by atoms with Crippen molar-refractivity contribution in [2.75, 3.05) is 25.5 Å². The van der Waals surface area contributed by atoms with Gasteiger partial charge >= 0.3 is 0 Å². The fourth-order valence-electron chi connectivity index (χ4n) is 5.60. The van der Waals surface area contributed by atoms with E-state index in [1.807, 2.05) is 51.9 Å². The van der Waals surface area contributed by atoms with E-state index in [0.717, 1.165) is 62.1 Å². The summed E-state index contributed by atoms with van der Waals surface area (Å²) in [6, 6.07) is 13.7. The first-order chi connectivity index (χ1) is 17.2. The van der Waals surface area contributed by atoms with Crippen LogP contribution < -0.4 is 15.0 Å². The number of ether oxygens (including phenoxy) is 2. The van der Waals surface area contributed by atoms with Gasteiger partial charge in [0.2, 0.25) is 5.91 Å². The molecule has 0 bridgehead atoms. The van der Waals surface area contributed by atoms with Gasteiger partial charge in [-0.15, -0.1) is 0 Å². The first-order valence-electron chi connectivity index (χ1n) is 12.5. The molecule has 0 N–H and O–H groups in total. The maximum Gasteiger partial charge on any atom is 0.262 e. The molecule has 0 spiro atoms. The topological polar surface area (TPSA) is 73.7 Å². The fourth-order valence-corrected chi connectivity index (χ4v) is 6.55. The molecule has 2 fully saturated rings. The number of aromatic nitrogens is 2. The molecule has 182 valence electrons. The highest BCUT2D eigenvalue weighted by Crippen LogP contribution is 2.39. The Hall–Kier alpha value is -3.00. The number of amides is 1. The van der Waals surface area contributed by atoms with Crippen LogP contribution in [0.5, 0.6) is 11.5 Å². The summed E-state index contributed by atoms with van der Waals surface area (Å²) in [5.41, 5.74) is 1.78. The van der Waals surface area contributed by atoms with E-state index >= 15 is 0 Å². The summed E-state index contributed by atoms with van der Waals surface area (Å²) in [6.07, 6.45) is 6.11. The molecule has 7 nitrogen and oxygen atoms in total. The van der Waals surface area contributed by atoms with Gasteiger partial charge in [0, 0.05) is 12.6 Å². The summed E-state index contributed by atoms with van der Waals surface area (Å²) in [4.78, 5) is 33.6. The van der Waals surface area contributed by atoms with Crippen molar-refractivity contribution in [3.8, 4) is 11.5 Å². The molecule has 0 radical (unpaired) electrons. The molecule has 3 heterocycles. The van der Waals surface area contributed by atoms with Crippen LogP contribution in [0.3, 0.4) is 0 Å². The largest absolute Gasteiger partial charge is 0.486 e. The lowest BCUT2D eigenvalue weighted by Crippen LogP contribution is -2.32. The molecular weight excluding hydrogens is 462 g/mol. The highest BCUT2D eigenvalue weighted by atomic mass is 32.2. The number of fused-ring (bicyclic) bond motifs is 2. The molecule has 1 unspecified atom stereocenters. The van der Waals surface area contributed by atoms with Gasteiger partial charge in [-0.3, -0.25) is 14.2 Å². The summed E-state index contributed by atoms with van der Waals surface area (Å²) in [6.45, 7) is 1.84. The Bertz CT molecular complexity index is 1320. The Kier molecular flexibility index (Phi) is 6.14. The van der Waals surface area contributed by atoms with E-state index in [1.54, 1.807) is 0 Å². The average molecular weight is 492 g/mol. The van der Waals surface area contributed by atoms with Gasteiger partial charge in [-0.25, -0.2) is 4.98 Å². The SMILES string of the molecule is O=C(CSc1nc2ccccc2c(=O)n1C1CCCC1)N1CCCC1c1ccc2c(c1)OCCO2. The number of nitrogens with zero attached hydrogens (tertiary/aromatic N) is 3. The lowest BCUT2D eigenvalue weighted by molar-refractivity contribution is -0.129. The second-order valence-corrected chi connectivity index (χ2v) is 10.4. The first kappa shape index (κ1) is 22.5. The maximum atomic E-state index is 13.4. The van der Waals surface area contributed by atoms with E-state index in [2.05, 4.69) is 0 Å². The molecule has 3 aliphatic rings. The van der Waals surface area contributed by atoms with Crippen LogP contribution in [-0.2, 0) is 4.79 Å². The molecule has 1 aliphatic carbocycles. The summed E-state index contributed by atoms with van der Waals surface area (Å²) in [5, 5.41) is 1.30. The molecule has 1 saturated carbocycles. The number of hydrogen-bond donors (Lipinski definition) is 0. The lowest BCUT2D eigenvalue weighted by atomic mass is 10.0. The Labute approximate surface area is 208 Å². The van der Waals surface area contributed by atoms with E-state index in [-0.39, 0.29) is 29.3 Å². The zero-order valence-electron chi connectivity index (χ0n) is 19.7. The number of rotatable bonds is 5. The number of carbonyl (C=O) groups is 1. The number of likely N-dealkylation sites (tertiary alicyclic amines) is 1. The number of carbonyl (C=O) groups excluding carboxylic acids is 1. The standard InChI is InChI=1S/C27H29N3O4S/c31-25(29-13-5-10-22(29)18-11-12-23-24(16-18)34-15-14-33-23)17-35-27-28-21-9-4-3-8-20(21)26(32)30(27)19-6-1-2-7-19/h3-4,8-9,11-12,16,19,22H,1-2,5-7,10,13-15,17H2. The minimum absolute atomic E-state index is 0.00720. The van der Waals surface area contributed by atoms with Gasteiger partial charge in [0.1, 0.15) is 13.2 Å². The van der Waals surface area contributed by atoms with Crippen LogP contribution >= 0.6 is 11.8 Å². The third kappa shape index (κ3) is 4.29. The van der Waals surface area contributed by atoms with Gasteiger partial charge in [0.05, 0.1) is 22.7 Å². The molecule has 1 atom stereocenters. The summed E-state index contributed by atoms with van der Waals surface area (Å²) < 4.78 is 13.3. The number of para-hydroxylation sites is 1. The van der Waals surface area contributed by atoms with E-state index in [1.165, 1.54) is 11.8 Å². The van der Waals surface area contributed by atoms with Crippen LogP contribution in [0.2, 0.25) is 0 Å². The normalized spacial score (nSPS) is 20.0. The molecule has 1 saturated heterocycles. The van der Waals surface area contributed by atoms with Crippen molar-refractivity contribution in [3.05, 3.63) is 58.4 Å². The molecule has 35 heavy (non-hydrogen) atoms. The van der Waals surface area contributed by atoms with Crippen molar-refractivity contribution in [1.29, 1.82) is 0 Å². The van der Waals surface area contributed by atoms with Crippen molar-refractivity contribution >= 4 is 28.6 Å². The van der Waals surface area contributed by atoms with Crippen LogP contribution in [0.1, 0.15) is 56.2 Å². The second-order valence-electron chi connectivity index (χ2n) is 9.46. The summed E-state index contributed by atoms with van der Waals surface area (Å²) in [5.74, 6) is 1.85. The van der Waals surface area contributed by atoms with Crippen molar-refractivity contribution in [2.24, 2.45) is 0 Å². The number of thioether (sulfide) groups is 1. The van der Waals surface area contributed by atoms with Crippen LogP contribution in [0, 0.1) is 0 Å². The third-order valence-corrected chi connectivity index (χ3v) is 8.25. The van der Waals surface area contributed by atoms with Crippen LogP contribution in [0.25, 0.3) is 10.9 Å². The molecule has 8 heteroatoms. The third-order valence-electron chi connectivity index (χ3n) is 7.31. The number of hydrogen-bond acceptors (Lipinski definition) is 6. The van der Waals surface area contributed by atoms with Crippen molar-refractivity contribution in [2.45, 2.75) is 55.8 Å². The first-order valence-corrected chi connectivity index (χ1v) is 13.5. The quantitative estimate of drug-likeness (QED) is 0.379. The minimum atomic E-state index is 0.00720. The van der Waals surface area contributed by atoms with Gasteiger partial charge in [-0.2, -0.15) is 0 Å². The van der Waals surface area contributed by atoms with Gasteiger partial charge in [-0.1, -0.05) is 42.8 Å².